The summed E-state index contributed by atoms with van der Waals surface area (Å²) < 4.78 is 76.4. The minimum atomic E-state index is -4.79. The summed E-state index contributed by atoms with van der Waals surface area (Å²) in [5.74, 6) is 0.101. The van der Waals surface area contributed by atoms with Crippen molar-refractivity contribution >= 4 is 12.4 Å². The normalized spacial score (nSPS) is 17.3. The third kappa shape index (κ3) is 4.26. The smallest absolute Gasteiger partial charge is 0.313 e. The highest BCUT2D eigenvalue weighted by atomic mass is 35.5. The monoisotopic (exact) mass is 333 g/mol. The Hall–Kier alpha value is -0.950. The average Bonchev–Trinajstić information content (AvgIpc) is 3.12. The van der Waals surface area contributed by atoms with Crippen LogP contribution in [0.15, 0.2) is 18.2 Å². The molecule has 0 saturated heterocycles. The highest BCUT2D eigenvalue weighted by molar-refractivity contribution is 5.85. The molecule has 120 valence electrons. The van der Waals surface area contributed by atoms with Gasteiger partial charge >= 0.3 is 12.4 Å². The molecule has 8 heteroatoms. The Labute approximate surface area is 124 Å². The lowest BCUT2D eigenvalue weighted by atomic mass is 9.97. The minimum absolute atomic E-state index is 0. The second-order valence-electron chi connectivity index (χ2n) is 4.94. The van der Waals surface area contributed by atoms with Crippen LogP contribution >= 0.6 is 12.4 Å². The van der Waals surface area contributed by atoms with Crippen LogP contribution in [0.3, 0.4) is 0 Å². The second-order valence-corrected chi connectivity index (χ2v) is 4.94. The first-order valence-corrected chi connectivity index (χ1v) is 6.09. The molecule has 0 radical (unpaired) electrons. The zero-order valence-corrected chi connectivity index (χ0v) is 11.8. The molecule has 21 heavy (non-hydrogen) atoms. The van der Waals surface area contributed by atoms with Crippen molar-refractivity contribution in [1.82, 2.24) is 5.32 Å². The molecule has 1 unspecified atom stereocenters. The molecule has 1 N–H and O–H groups in total. The van der Waals surface area contributed by atoms with E-state index in [1.807, 2.05) is 0 Å². The van der Waals surface area contributed by atoms with Crippen LogP contribution in [0.1, 0.15) is 35.6 Å². The molecule has 1 nitrogen and oxygen atoms in total. The van der Waals surface area contributed by atoms with Crippen LogP contribution in [-0.2, 0) is 12.4 Å². The standard InChI is InChI=1S/C13H13F6N.ClH/c1-20-11(7-2-3-7)8-4-9(12(14,15)16)6-10(5-8)13(17,18)19;/h4-7,11,20H,2-3H2,1H3;1H. The van der Waals surface area contributed by atoms with Crippen LogP contribution in [0.5, 0.6) is 0 Å². The zero-order valence-electron chi connectivity index (χ0n) is 11.0. The number of benzene rings is 1. The molecule has 1 saturated carbocycles. The zero-order chi connectivity index (χ0) is 15.1. The topological polar surface area (TPSA) is 12.0 Å². The van der Waals surface area contributed by atoms with Crippen molar-refractivity contribution in [2.45, 2.75) is 31.2 Å². The fourth-order valence-electron chi connectivity index (χ4n) is 2.26. The quantitative estimate of drug-likeness (QED) is 0.782. The summed E-state index contributed by atoms with van der Waals surface area (Å²) in [6.07, 6.45) is -7.97. The minimum Gasteiger partial charge on any atom is -0.313 e. The van der Waals surface area contributed by atoms with Gasteiger partial charge in [-0.2, -0.15) is 26.3 Å². The third-order valence-electron chi connectivity index (χ3n) is 3.37. The van der Waals surface area contributed by atoms with E-state index >= 15 is 0 Å². The second kappa shape index (κ2) is 6.04. The summed E-state index contributed by atoms with van der Waals surface area (Å²) in [5, 5.41) is 2.80. The van der Waals surface area contributed by atoms with Gasteiger partial charge in [0.2, 0.25) is 0 Å². The molecule has 0 amide bonds. The van der Waals surface area contributed by atoms with Crippen molar-refractivity contribution in [3.63, 3.8) is 0 Å². The Morgan fingerprint density at radius 2 is 1.38 bits per heavy atom. The predicted molar refractivity (Wildman–Crippen MR) is 68.2 cm³/mol. The molecule has 1 aromatic rings. The number of nitrogens with one attached hydrogen (secondary N) is 1. The molecular weight excluding hydrogens is 320 g/mol. The van der Waals surface area contributed by atoms with Crippen molar-refractivity contribution in [3.05, 3.63) is 34.9 Å². The van der Waals surface area contributed by atoms with Gasteiger partial charge in [-0.05, 0) is 49.6 Å². The summed E-state index contributed by atoms with van der Waals surface area (Å²) in [6.45, 7) is 0. The third-order valence-corrected chi connectivity index (χ3v) is 3.37. The van der Waals surface area contributed by atoms with Crippen molar-refractivity contribution in [2.75, 3.05) is 7.05 Å². The van der Waals surface area contributed by atoms with E-state index in [-0.39, 0.29) is 30.0 Å². The van der Waals surface area contributed by atoms with Gasteiger partial charge in [-0.15, -0.1) is 12.4 Å². The summed E-state index contributed by atoms with van der Waals surface area (Å²) in [6, 6.07) is 1.28. The van der Waals surface area contributed by atoms with Gasteiger partial charge in [0.15, 0.2) is 0 Å². The fourth-order valence-corrected chi connectivity index (χ4v) is 2.26. The fraction of sp³-hybridized carbons (Fsp3) is 0.538. The van der Waals surface area contributed by atoms with Gasteiger partial charge in [0.25, 0.3) is 0 Å². The molecule has 0 spiro atoms. The van der Waals surface area contributed by atoms with Crippen LogP contribution in [0.4, 0.5) is 26.3 Å². The van der Waals surface area contributed by atoms with E-state index in [0.717, 1.165) is 25.0 Å². The number of rotatable bonds is 3. The molecule has 0 aromatic heterocycles. The lowest BCUT2D eigenvalue weighted by Gasteiger charge is -2.20. The van der Waals surface area contributed by atoms with Gasteiger partial charge < -0.3 is 5.32 Å². The molecular formula is C13H14ClF6N. The Balaban J connectivity index is 0.00000220. The van der Waals surface area contributed by atoms with Gasteiger partial charge in [0.05, 0.1) is 11.1 Å². The Morgan fingerprint density at radius 1 is 0.952 bits per heavy atom. The van der Waals surface area contributed by atoms with Gasteiger partial charge in [-0.1, -0.05) is 0 Å². The average molecular weight is 334 g/mol. The number of halogens is 7. The first kappa shape index (κ1) is 18.1. The van der Waals surface area contributed by atoms with E-state index in [1.54, 1.807) is 0 Å². The number of hydrogen-bond donors (Lipinski definition) is 1. The lowest BCUT2D eigenvalue weighted by Crippen LogP contribution is -2.20. The van der Waals surface area contributed by atoms with Crippen LogP contribution in [0, 0.1) is 5.92 Å². The van der Waals surface area contributed by atoms with Crippen molar-refractivity contribution < 1.29 is 26.3 Å². The van der Waals surface area contributed by atoms with Crippen molar-refractivity contribution in [1.29, 1.82) is 0 Å². The highest BCUT2D eigenvalue weighted by Crippen LogP contribution is 2.43. The molecule has 0 heterocycles. The number of alkyl halides is 6. The Bertz CT molecular complexity index is 460. The summed E-state index contributed by atoms with van der Waals surface area (Å²) in [7, 11) is 1.54. The largest absolute Gasteiger partial charge is 0.416 e. The van der Waals surface area contributed by atoms with Gasteiger partial charge in [0.1, 0.15) is 0 Å². The molecule has 1 aliphatic carbocycles. The summed E-state index contributed by atoms with van der Waals surface area (Å²) >= 11 is 0. The van der Waals surface area contributed by atoms with Gasteiger partial charge in [-0.3, -0.25) is 0 Å². The molecule has 1 fully saturated rings. The number of hydrogen-bond acceptors (Lipinski definition) is 1. The van der Waals surface area contributed by atoms with E-state index in [1.165, 1.54) is 7.05 Å². The van der Waals surface area contributed by atoms with E-state index in [2.05, 4.69) is 5.32 Å². The molecule has 0 bridgehead atoms. The van der Waals surface area contributed by atoms with Crippen LogP contribution in [-0.4, -0.2) is 7.05 Å². The molecule has 1 aliphatic rings. The maximum absolute atomic E-state index is 12.7. The predicted octanol–water partition coefficient (Wildman–Crippen LogP) is 4.82. The van der Waals surface area contributed by atoms with Crippen LogP contribution < -0.4 is 5.32 Å². The van der Waals surface area contributed by atoms with Crippen molar-refractivity contribution in [2.24, 2.45) is 5.92 Å². The summed E-state index contributed by atoms with van der Waals surface area (Å²) in [4.78, 5) is 0. The van der Waals surface area contributed by atoms with Crippen molar-refractivity contribution in [3.8, 4) is 0 Å². The first-order chi connectivity index (χ1) is 9.13. The van der Waals surface area contributed by atoms with Crippen LogP contribution in [0.2, 0.25) is 0 Å². The highest BCUT2D eigenvalue weighted by Gasteiger charge is 2.39. The van der Waals surface area contributed by atoms with E-state index in [0.29, 0.717) is 0 Å². The van der Waals surface area contributed by atoms with Crippen LogP contribution in [0.25, 0.3) is 0 Å². The van der Waals surface area contributed by atoms with Gasteiger partial charge in [0, 0.05) is 6.04 Å². The maximum atomic E-state index is 12.7. The maximum Gasteiger partial charge on any atom is 0.416 e. The van der Waals surface area contributed by atoms with Gasteiger partial charge in [-0.25, -0.2) is 0 Å². The lowest BCUT2D eigenvalue weighted by molar-refractivity contribution is -0.143. The van der Waals surface area contributed by atoms with E-state index < -0.39 is 29.5 Å². The summed E-state index contributed by atoms with van der Waals surface area (Å²) in [5.41, 5.74) is -2.48. The molecule has 2 rings (SSSR count). The van der Waals surface area contributed by atoms with E-state index in [4.69, 9.17) is 0 Å². The SMILES string of the molecule is CNC(c1cc(C(F)(F)F)cc(C(F)(F)F)c1)C1CC1.Cl. The first-order valence-electron chi connectivity index (χ1n) is 6.09. The molecule has 1 aromatic carbocycles. The molecule has 0 aliphatic heterocycles. The van der Waals surface area contributed by atoms with E-state index in [9.17, 15) is 26.3 Å². The Morgan fingerprint density at radius 3 is 1.67 bits per heavy atom. The Kier molecular flexibility index (Phi) is 5.21. The molecule has 1 atom stereocenters.